The van der Waals surface area contributed by atoms with Gasteiger partial charge in [-0.1, -0.05) is 20.8 Å². The standard InChI is InChI=1S/C13H21BrN2O2S/c1-13(2,3)5-10(7-17)16-12(18)15-6-11-4-9(14)8-19-11/h4,8,10,17H,5-7H2,1-3H3,(H2,15,16,18). The van der Waals surface area contributed by atoms with Crippen LogP contribution >= 0.6 is 27.3 Å². The topological polar surface area (TPSA) is 61.4 Å². The van der Waals surface area contributed by atoms with E-state index in [1.165, 1.54) is 0 Å². The van der Waals surface area contributed by atoms with E-state index in [9.17, 15) is 9.90 Å². The fourth-order valence-corrected chi connectivity index (χ4v) is 3.14. The molecule has 2 amide bonds. The number of aliphatic hydroxyl groups is 1. The number of amides is 2. The zero-order valence-electron chi connectivity index (χ0n) is 11.5. The van der Waals surface area contributed by atoms with Crippen LogP contribution in [0.15, 0.2) is 15.9 Å². The summed E-state index contributed by atoms with van der Waals surface area (Å²) >= 11 is 4.96. The minimum absolute atomic E-state index is 0.0464. The third-order valence-electron chi connectivity index (χ3n) is 2.46. The van der Waals surface area contributed by atoms with Crippen molar-refractivity contribution in [3.63, 3.8) is 0 Å². The van der Waals surface area contributed by atoms with Crippen LogP contribution in [0.3, 0.4) is 0 Å². The Kier molecular flexibility index (Phi) is 6.29. The number of rotatable bonds is 5. The van der Waals surface area contributed by atoms with Crippen LogP contribution in [0.4, 0.5) is 4.79 Å². The van der Waals surface area contributed by atoms with Crippen LogP contribution in [0.1, 0.15) is 32.1 Å². The first-order valence-electron chi connectivity index (χ1n) is 6.18. The van der Waals surface area contributed by atoms with Crippen LogP contribution in [0.5, 0.6) is 0 Å². The van der Waals surface area contributed by atoms with Crippen molar-refractivity contribution in [3.8, 4) is 0 Å². The molecule has 1 aromatic rings. The van der Waals surface area contributed by atoms with Crippen LogP contribution in [0.25, 0.3) is 0 Å². The molecule has 1 rings (SSSR count). The molecule has 1 atom stereocenters. The molecular weight excluding hydrogens is 328 g/mol. The van der Waals surface area contributed by atoms with Gasteiger partial charge in [-0.2, -0.15) is 0 Å². The molecule has 0 fully saturated rings. The van der Waals surface area contributed by atoms with E-state index >= 15 is 0 Å². The number of nitrogens with one attached hydrogen (secondary N) is 2. The Bertz CT molecular complexity index is 415. The van der Waals surface area contributed by atoms with Crippen molar-refractivity contribution >= 4 is 33.3 Å². The molecular formula is C13H21BrN2O2S. The maximum absolute atomic E-state index is 11.7. The predicted octanol–water partition coefficient (Wildman–Crippen LogP) is 3.11. The van der Waals surface area contributed by atoms with Crippen molar-refractivity contribution in [2.45, 2.75) is 39.8 Å². The predicted molar refractivity (Wildman–Crippen MR) is 82.3 cm³/mol. The van der Waals surface area contributed by atoms with Gasteiger partial charge in [-0.05, 0) is 33.8 Å². The van der Waals surface area contributed by atoms with Crippen LogP contribution in [0, 0.1) is 5.41 Å². The van der Waals surface area contributed by atoms with Gasteiger partial charge in [-0.25, -0.2) is 4.79 Å². The van der Waals surface area contributed by atoms with E-state index in [2.05, 4.69) is 47.3 Å². The van der Waals surface area contributed by atoms with Crippen molar-refractivity contribution in [2.75, 3.05) is 6.61 Å². The highest BCUT2D eigenvalue weighted by molar-refractivity contribution is 9.10. The number of hydrogen-bond acceptors (Lipinski definition) is 3. The minimum atomic E-state index is -0.243. The second-order valence-electron chi connectivity index (χ2n) is 5.70. The van der Waals surface area contributed by atoms with E-state index in [1.807, 2.05) is 11.4 Å². The van der Waals surface area contributed by atoms with Crippen molar-refractivity contribution in [1.82, 2.24) is 10.6 Å². The molecule has 1 aromatic heterocycles. The van der Waals surface area contributed by atoms with Gasteiger partial charge in [0, 0.05) is 14.7 Å². The Labute approximate surface area is 126 Å². The lowest BCUT2D eigenvalue weighted by atomic mass is 9.88. The maximum atomic E-state index is 11.7. The summed E-state index contributed by atoms with van der Waals surface area (Å²) in [5.74, 6) is 0. The molecule has 108 valence electrons. The number of carbonyl (C=O) groups is 1. The maximum Gasteiger partial charge on any atom is 0.315 e. The van der Waals surface area contributed by atoms with Gasteiger partial charge in [0.1, 0.15) is 0 Å². The fourth-order valence-electron chi connectivity index (χ4n) is 1.75. The van der Waals surface area contributed by atoms with Gasteiger partial charge in [0.15, 0.2) is 0 Å². The first-order chi connectivity index (χ1) is 8.80. The molecule has 0 spiro atoms. The number of halogens is 1. The Morgan fingerprint density at radius 1 is 1.53 bits per heavy atom. The minimum Gasteiger partial charge on any atom is -0.394 e. The van der Waals surface area contributed by atoms with Crippen molar-refractivity contribution < 1.29 is 9.90 Å². The molecule has 6 heteroatoms. The molecule has 3 N–H and O–H groups in total. The molecule has 0 aliphatic heterocycles. The smallest absolute Gasteiger partial charge is 0.315 e. The highest BCUT2D eigenvalue weighted by atomic mass is 79.9. The average Bonchev–Trinajstić information content (AvgIpc) is 2.70. The monoisotopic (exact) mass is 348 g/mol. The number of aliphatic hydroxyl groups excluding tert-OH is 1. The molecule has 1 heterocycles. The molecule has 0 aliphatic carbocycles. The summed E-state index contributed by atoms with van der Waals surface area (Å²) in [7, 11) is 0. The van der Waals surface area contributed by atoms with Crippen LogP contribution in [0.2, 0.25) is 0 Å². The number of carbonyl (C=O) groups excluding carboxylic acids is 1. The summed E-state index contributed by atoms with van der Waals surface area (Å²) < 4.78 is 1.02. The van der Waals surface area contributed by atoms with Crippen molar-refractivity contribution in [2.24, 2.45) is 5.41 Å². The average molecular weight is 349 g/mol. The lowest BCUT2D eigenvalue weighted by molar-refractivity contribution is 0.191. The van der Waals surface area contributed by atoms with E-state index in [1.54, 1.807) is 11.3 Å². The lowest BCUT2D eigenvalue weighted by Crippen LogP contribution is -2.45. The summed E-state index contributed by atoms with van der Waals surface area (Å²) in [5, 5.41) is 16.8. The second kappa shape index (κ2) is 7.26. The lowest BCUT2D eigenvalue weighted by Gasteiger charge is -2.25. The Hall–Kier alpha value is -0.590. The first kappa shape index (κ1) is 16.5. The Morgan fingerprint density at radius 2 is 2.21 bits per heavy atom. The molecule has 0 bridgehead atoms. The largest absolute Gasteiger partial charge is 0.394 e. The Morgan fingerprint density at radius 3 is 2.68 bits per heavy atom. The summed E-state index contributed by atoms with van der Waals surface area (Å²) in [4.78, 5) is 12.8. The van der Waals surface area contributed by atoms with Crippen molar-refractivity contribution in [3.05, 3.63) is 20.8 Å². The van der Waals surface area contributed by atoms with E-state index in [0.717, 1.165) is 15.8 Å². The molecule has 0 saturated carbocycles. The molecule has 4 nitrogen and oxygen atoms in total. The van der Waals surface area contributed by atoms with Gasteiger partial charge in [0.2, 0.25) is 0 Å². The molecule has 0 radical (unpaired) electrons. The number of hydrogen-bond donors (Lipinski definition) is 3. The second-order valence-corrected chi connectivity index (χ2v) is 7.61. The SMILES string of the molecule is CC(C)(C)CC(CO)NC(=O)NCc1cc(Br)cs1. The van der Waals surface area contributed by atoms with E-state index in [0.29, 0.717) is 6.54 Å². The highest BCUT2D eigenvalue weighted by Gasteiger charge is 2.19. The fraction of sp³-hybridized carbons (Fsp3) is 0.615. The summed E-state index contributed by atoms with van der Waals surface area (Å²) in [5.41, 5.74) is 0.0687. The zero-order valence-corrected chi connectivity index (χ0v) is 13.9. The van der Waals surface area contributed by atoms with Gasteiger partial charge in [0.05, 0.1) is 19.2 Å². The Balaban J connectivity index is 2.37. The van der Waals surface area contributed by atoms with Gasteiger partial charge in [-0.15, -0.1) is 11.3 Å². The molecule has 0 saturated heterocycles. The molecule has 1 unspecified atom stereocenters. The van der Waals surface area contributed by atoms with Gasteiger partial charge in [0.25, 0.3) is 0 Å². The van der Waals surface area contributed by atoms with E-state index in [4.69, 9.17) is 0 Å². The first-order valence-corrected chi connectivity index (χ1v) is 7.85. The summed E-state index contributed by atoms with van der Waals surface area (Å²) in [6.45, 7) is 6.69. The van der Waals surface area contributed by atoms with Crippen LogP contribution in [-0.2, 0) is 6.54 Å². The normalized spacial score (nSPS) is 13.1. The quantitative estimate of drug-likeness (QED) is 0.765. The third kappa shape index (κ3) is 6.94. The van der Waals surface area contributed by atoms with Crippen LogP contribution < -0.4 is 10.6 Å². The van der Waals surface area contributed by atoms with E-state index < -0.39 is 0 Å². The zero-order chi connectivity index (χ0) is 14.5. The van der Waals surface area contributed by atoms with Crippen LogP contribution in [-0.4, -0.2) is 23.8 Å². The van der Waals surface area contributed by atoms with E-state index in [-0.39, 0.29) is 24.1 Å². The highest BCUT2D eigenvalue weighted by Crippen LogP contribution is 2.21. The molecule has 0 aliphatic rings. The summed E-state index contributed by atoms with van der Waals surface area (Å²) in [6.07, 6.45) is 0.738. The summed E-state index contributed by atoms with van der Waals surface area (Å²) in [6, 6.07) is 1.52. The molecule has 0 aromatic carbocycles. The van der Waals surface area contributed by atoms with Gasteiger partial charge in [-0.3, -0.25) is 0 Å². The van der Waals surface area contributed by atoms with Gasteiger partial charge >= 0.3 is 6.03 Å². The number of urea groups is 1. The number of thiophene rings is 1. The molecule has 19 heavy (non-hydrogen) atoms. The van der Waals surface area contributed by atoms with Crippen molar-refractivity contribution in [1.29, 1.82) is 0 Å². The third-order valence-corrected chi connectivity index (χ3v) is 4.16. The van der Waals surface area contributed by atoms with Gasteiger partial charge < -0.3 is 15.7 Å².